The molecule has 2 heterocycles. The number of ether oxygens (including phenoxy) is 1. The lowest BCUT2D eigenvalue weighted by molar-refractivity contribution is 0.200. The Hall–Kier alpha value is -2.07. The highest BCUT2D eigenvalue weighted by molar-refractivity contribution is 7.13. The summed E-state index contributed by atoms with van der Waals surface area (Å²) < 4.78 is 6.11. The molecule has 22 heavy (non-hydrogen) atoms. The third-order valence-corrected chi connectivity index (χ3v) is 4.18. The van der Waals surface area contributed by atoms with Gasteiger partial charge in [0, 0.05) is 10.3 Å². The number of para-hydroxylation sites is 1. The molecule has 0 bridgehead atoms. The molecule has 1 aromatic carbocycles. The van der Waals surface area contributed by atoms with Crippen molar-refractivity contribution in [1.29, 1.82) is 0 Å². The van der Waals surface area contributed by atoms with Gasteiger partial charge in [0.1, 0.15) is 5.75 Å². The molecule has 0 radical (unpaired) electrons. The monoisotopic (exact) mass is 313 g/mol. The zero-order valence-corrected chi connectivity index (χ0v) is 13.8. The predicted octanol–water partition coefficient (Wildman–Crippen LogP) is 4.68. The Morgan fingerprint density at radius 2 is 1.91 bits per heavy atom. The highest BCUT2D eigenvalue weighted by Gasteiger charge is 2.19. The maximum absolute atomic E-state index is 12.5. The minimum Gasteiger partial charge on any atom is -0.491 e. The molecule has 4 heteroatoms. The fraction of sp³-hybridized carbons (Fsp3) is 0.278. The Kier molecular flexibility index (Phi) is 3.79. The number of aromatic amines is 1. The molecule has 0 fully saturated rings. The average molecular weight is 313 g/mol. The normalized spacial score (nSPS) is 11.8. The number of thiophene rings is 1. The van der Waals surface area contributed by atoms with Gasteiger partial charge in [-0.3, -0.25) is 4.79 Å². The molecule has 0 aliphatic carbocycles. The second kappa shape index (κ2) is 5.61. The molecule has 1 N–H and O–H groups in total. The number of fused-ring (bicyclic) bond motifs is 1. The van der Waals surface area contributed by atoms with Gasteiger partial charge in [-0.2, -0.15) is 0 Å². The molecule has 0 amide bonds. The van der Waals surface area contributed by atoms with Crippen LogP contribution in [0.2, 0.25) is 0 Å². The maximum Gasteiger partial charge on any atom is 0.260 e. The smallest absolute Gasteiger partial charge is 0.260 e. The Morgan fingerprint density at radius 1 is 1.14 bits per heavy atom. The van der Waals surface area contributed by atoms with Crippen molar-refractivity contribution in [2.24, 2.45) is 5.41 Å². The second-order valence-electron chi connectivity index (χ2n) is 6.53. The summed E-state index contributed by atoms with van der Waals surface area (Å²) >= 11 is 1.55. The Bertz CT molecular complexity index is 842. The van der Waals surface area contributed by atoms with Crippen molar-refractivity contribution in [2.45, 2.75) is 20.8 Å². The van der Waals surface area contributed by atoms with Gasteiger partial charge in [0.05, 0.1) is 17.7 Å². The summed E-state index contributed by atoms with van der Waals surface area (Å²) in [7, 11) is 0. The number of nitrogens with one attached hydrogen (secondary N) is 1. The number of hydrogen-bond donors (Lipinski definition) is 1. The van der Waals surface area contributed by atoms with Gasteiger partial charge in [-0.15, -0.1) is 11.3 Å². The van der Waals surface area contributed by atoms with Crippen molar-refractivity contribution in [3.05, 3.63) is 52.1 Å². The van der Waals surface area contributed by atoms with Crippen LogP contribution in [0.4, 0.5) is 0 Å². The highest BCUT2D eigenvalue weighted by Crippen LogP contribution is 2.36. The first-order valence-corrected chi connectivity index (χ1v) is 8.15. The Balaban J connectivity index is 2.24. The van der Waals surface area contributed by atoms with Crippen LogP contribution in [0.5, 0.6) is 5.75 Å². The van der Waals surface area contributed by atoms with E-state index in [9.17, 15) is 4.79 Å². The van der Waals surface area contributed by atoms with Crippen molar-refractivity contribution in [3.63, 3.8) is 0 Å². The summed E-state index contributed by atoms with van der Waals surface area (Å²) in [6.45, 7) is 6.91. The number of hydrogen-bond acceptors (Lipinski definition) is 3. The first-order chi connectivity index (χ1) is 10.5. The first kappa shape index (κ1) is 14.9. The second-order valence-corrected chi connectivity index (χ2v) is 7.48. The molecule has 3 rings (SSSR count). The van der Waals surface area contributed by atoms with E-state index in [1.165, 1.54) is 0 Å². The van der Waals surface area contributed by atoms with Crippen molar-refractivity contribution < 1.29 is 4.74 Å². The van der Waals surface area contributed by atoms with E-state index < -0.39 is 0 Å². The van der Waals surface area contributed by atoms with E-state index in [1.807, 2.05) is 41.8 Å². The van der Waals surface area contributed by atoms with Crippen LogP contribution in [0.3, 0.4) is 0 Å². The molecular weight excluding hydrogens is 294 g/mol. The van der Waals surface area contributed by atoms with Crippen LogP contribution in [0.15, 0.2) is 46.6 Å². The van der Waals surface area contributed by atoms with Gasteiger partial charge in [-0.1, -0.05) is 39.0 Å². The fourth-order valence-electron chi connectivity index (χ4n) is 2.30. The summed E-state index contributed by atoms with van der Waals surface area (Å²) in [5.74, 6) is 0.678. The van der Waals surface area contributed by atoms with Crippen molar-refractivity contribution in [1.82, 2.24) is 4.98 Å². The van der Waals surface area contributed by atoms with Crippen molar-refractivity contribution >= 4 is 22.2 Å². The van der Waals surface area contributed by atoms with Crippen molar-refractivity contribution in [3.8, 4) is 16.2 Å². The van der Waals surface area contributed by atoms with Gasteiger partial charge < -0.3 is 9.72 Å². The zero-order valence-electron chi connectivity index (χ0n) is 13.0. The van der Waals surface area contributed by atoms with Gasteiger partial charge in [0.2, 0.25) is 0 Å². The summed E-state index contributed by atoms with van der Waals surface area (Å²) in [6.07, 6.45) is 0. The van der Waals surface area contributed by atoms with E-state index in [0.29, 0.717) is 17.9 Å². The summed E-state index contributed by atoms with van der Waals surface area (Å²) in [5, 5.41) is 2.91. The van der Waals surface area contributed by atoms with Gasteiger partial charge >= 0.3 is 0 Å². The number of aromatic nitrogens is 1. The Morgan fingerprint density at radius 3 is 2.59 bits per heavy atom. The number of H-pyrrole nitrogens is 1. The summed E-state index contributed by atoms with van der Waals surface area (Å²) in [6, 6.07) is 11.7. The zero-order chi connectivity index (χ0) is 15.7. The molecule has 3 nitrogen and oxygen atoms in total. The molecule has 114 valence electrons. The largest absolute Gasteiger partial charge is 0.491 e. The summed E-state index contributed by atoms with van der Waals surface area (Å²) in [5.41, 5.74) is 1.34. The average Bonchev–Trinajstić information content (AvgIpc) is 2.97. The van der Waals surface area contributed by atoms with E-state index in [-0.39, 0.29) is 11.0 Å². The molecule has 2 aromatic heterocycles. The molecule has 0 aliphatic heterocycles. The van der Waals surface area contributed by atoms with Gasteiger partial charge in [0.15, 0.2) is 0 Å². The predicted molar refractivity (Wildman–Crippen MR) is 92.8 cm³/mol. The highest BCUT2D eigenvalue weighted by atomic mass is 32.1. The van der Waals surface area contributed by atoms with Gasteiger partial charge in [-0.25, -0.2) is 0 Å². The van der Waals surface area contributed by atoms with Gasteiger partial charge in [-0.05, 0) is 29.0 Å². The van der Waals surface area contributed by atoms with Gasteiger partial charge in [0.25, 0.3) is 5.56 Å². The minimum absolute atomic E-state index is 0.0242. The first-order valence-electron chi connectivity index (χ1n) is 7.27. The molecule has 0 aliphatic rings. The number of benzene rings is 1. The third-order valence-electron chi connectivity index (χ3n) is 3.29. The lowest BCUT2D eigenvalue weighted by Gasteiger charge is -2.21. The molecule has 3 aromatic rings. The summed E-state index contributed by atoms with van der Waals surface area (Å²) in [4.78, 5) is 16.4. The quantitative estimate of drug-likeness (QED) is 0.762. The number of pyridine rings is 1. The molecular formula is C18H19NO2S. The molecule has 0 saturated carbocycles. The van der Waals surface area contributed by atoms with E-state index in [2.05, 4.69) is 25.8 Å². The molecule has 0 atom stereocenters. The SMILES string of the molecule is CC(C)(C)COc1c(-c2cccs2)c(=O)[nH]c2ccccc12. The van der Waals surface area contributed by atoms with Crippen LogP contribution in [-0.4, -0.2) is 11.6 Å². The maximum atomic E-state index is 12.5. The van der Waals surface area contributed by atoms with Crippen LogP contribution >= 0.6 is 11.3 Å². The van der Waals surface area contributed by atoms with Crippen LogP contribution in [0.1, 0.15) is 20.8 Å². The van der Waals surface area contributed by atoms with Crippen LogP contribution in [0, 0.1) is 5.41 Å². The van der Waals surface area contributed by atoms with Crippen molar-refractivity contribution in [2.75, 3.05) is 6.61 Å². The standard InChI is InChI=1S/C18H19NO2S/c1-18(2,3)11-21-16-12-7-4-5-8-13(12)19-17(20)15(16)14-9-6-10-22-14/h4-10H,11H2,1-3H3,(H,19,20). The molecule has 0 spiro atoms. The molecule has 0 unspecified atom stereocenters. The van der Waals surface area contributed by atoms with E-state index in [0.717, 1.165) is 15.8 Å². The van der Waals surface area contributed by atoms with E-state index >= 15 is 0 Å². The van der Waals surface area contributed by atoms with Crippen LogP contribution < -0.4 is 10.3 Å². The van der Waals surface area contributed by atoms with Crippen LogP contribution in [-0.2, 0) is 0 Å². The third kappa shape index (κ3) is 2.92. The topological polar surface area (TPSA) is 42.1 Å². The van der Waals surface area contributed by atoms with Crippen LogP contribution in [0.25, 0.3) is 21.3 Å². The number of rotatable bonds is 3. The lowest BCUT2D eigenvalue weighted by atomic mass is 9.98. The fourth-order valence-corrected chi connectivity index (χ4v) is 3.06. The van der Waals surface area contributed by atoms with E-state index in [4.69, 9.17) is 4.74 Å². The lowest BCUT2D eigenvalue weighted by Crippen LogP contribution is -2.19. The molecule has 0 saturated heterocycles. The van der Waals surface area contributed by atoms with E-state index in [1.54, 1.807) is 11.3 Å². The Labute approximate surface area is 133 Å². The minimum atomic E-state index is -0.106.